The molecule has 0 aliphatic carbocycles. The lowest BCUT2D eigenvalue weighted by atomic mass is 10.0. The Kier molecular flexibility index (Phi) is 7.08. The van der Waals surface area contributed by atoms with E-state index in [4.69, 9.17) is 5.11 Å². The van der Waals surface area contributed by atoms with Crippen LogP contribution in [0.4, 0.5) is 5.69 Å². The van der Waals surface area contributed by atoms with Crippen molar-refractivity contribution in [2.75, 3.05) is 11.9 Å². The van der Waals surface area contributed by atoms with Gasteiger partial charge in [-0.2, -0.15) is 0 Å². The molecule has 0 aliphatic rings. The number of aliphatic carboxylic acids is 1. The lowest BCUT2D eigenvalue weighted by molar-refractivity contribution is -0.136. The molecule has 0 fully saturated rings. The van der Waals surface area contributed by atoms with Gasteiger partial charge in [0.25, 0.3) is 5.91 Å². The molecule has 1 aromatic carbocycles. The van der Waals surface area contributed by atoms with Crippen molar-refractivity contribution in [2.24, 2.45) is 5.92 Å². The smallest absolute Gasteiger partial charge is 0.305 e. The highest BCUT2D eigenvalue weighted by atomic mass is 16.4. The largest absolute Gasteiger partial charge is 0.481 e. The molecular formula is C16H22N2O4. The molecule has 0 aromatic heterocycles. The molecule has 0 atom stereocenters. The number of carboxylic acid groups (broad SMARTS) is 1. The van der Waals surface area contributed by atoms with Gasteiger partial charge in [-0.15, -0.1) is 0 Å². The number of hydrogen-bond donors (Lipinski definition) is 3. The van der Waals surface area contributed by atoms with E-state index in [1.54, 1.807) is 24.3 Å². The second kappa shape index (κ2) is 8.81. The standard InChI is InChI=1S/C16H22N2O4/c1-3-11(4-2)16(22)18-13-7-5-12(6-8-13)15(21)17-10-9-14(19)20/h5-8,11H,3-4,9-10H2,1-2H3,(H,17,21)(H,18,22)(H,19,20). The third-order valence-corrected chi connectivity index (χ3v) is 3.40. The summed E-state index contributed by atoms with van der Waals surface area (Å²) in [5.74, 6) is -1.33. The lowest BCUT2D eigenvalue weighted by Crippen LogP contribution is -2.26. The van der Waals surface area contributed by atoms with E-state index in [0.717, 1.165) is 12.8 Å². The SMILES string of the molecule is CCC(CC)C(=O)Nc1ccc(C(=O)NCCC(=O)O)cc1. The van der Waals surface area contributed by atoms with E-state index in [1.807, 2.05) is 13.8 Å². The van der Waals surface area contributed by atoms with Gasteiger partial charge in [-0.25, -0.2) is 0 Å². The number of anilines is 1. The highest BCUT2D eigenvalue weighted by Gasteiger charge is 2.14. The summed E-state index contributed by atoms with van der Waals surface area (Å²) in [5.41, 5.74) is 1.06. The molecule has 0 radical (unpaired) electrons. The first-order valence-corrected chi connectivity index (χ1v) is 7.38. The maximum absolute atomic E-state index is 12.0. The minimum atomic E-state index is -0.959. The molecule has 2 amide bonds. The Hall–Kier alpha value is -2.37. The third kappa shape index (κ3) is 5.55. The number of nitrogens with one attached hydrogen (secondary N) is 2. The lowest BCUT2D eigenvalue weighted by Gasteiger charge is -2.13. The van der Waals surface area contributed by atoms with E-state index in [-0.39, 0.29) is 30.7 Å². The molecule has 0 spiro atoms. The molecule has 3 N–H and O–H groups in total. The number of hydrogen-bond acceptors (Lipinski definition) is 3. The van der Waals surface area contributed by atoms with E-state index < -0.39 is 5.97 Å². The Morgan fingerprint density at radius 1 is 1.09 bits per heavy atom. The van der Waals surface area contributed by atoms with E-state index in [9.17, 15) is 14.4 Å². The minimum absolute atomic E-state index is 0.0148. The average molecular weight is 306 g/mol. The third-order valence-electron chi connectivity index (χ3n) is 3.40. The maximum atomic E-state index is 12.0. The van der Waals surface area contributed by atoms with Crippen LogP contribution in [0.3, 0.4) is 0 Å². The second-order valence-corrected chi connectivity index (χ2v) is 4.98. The number of benzene rings is 1. The van der Waals surface area contributed by atoms with Gasteiger partial charge in [-0.05, 0) is 37.1 Å². The zero-order valence-electron chi connectivity index (χ0n) is 12.9. The Morgan fingerprint density at radius 2 is 1.68 bits per heavy atom. The van der Waals surface area contributed by atoms with Crippen LogP contribution in [0, 0.1) is 5.92 Å². The first-order chi connectivity index (χ1) is 10.5. The van der Waals surface area contributed by atoms with Crippen LogP contribution >= 0.6 is 0 Å². The van der Waals surface area contributed by atoms with Crippen molar-refractivity contribution in [3.05, 3.63) is 29.8 Å². The highest BCUT2D eigenvalue weighted by molar-refractivity contribution is 5.96. The van der Waals surface area contributed by atoms with Crippen molar-refractivity contribution in [2.45, 2.75) is 33.1 Å². The summed E-state index contributed by atoms with van der Waals surface area (Å²) in [4.78, 5) is 34.1. The molecule has 0 aliphatic heterocycles. The number of carbonyl (C=O) groups is 3. The summed E-state index contributed by atoms with van der Waals surface area (Å²) < 4.78 is 0. The molecule has 0 heterocycles. The fourth-order valence-corrected chi connectivity index (χ4v) is 1.99. The van der Waals surface area contributed by atoms with Gasteiger partial charge in [-0.1, -0.05) is 13.8 Å². The zero-order valence-corrected chi connectivity index (χ0v) is 12.9. The molecule has 0 saturated carbocycles. The average Bonchev–Trinajstić information content (AvgIpc) is 2.48. The van der Waals surface area contributed by atoms with Crippen LogP contribution in [0.2, 0.25) is 0 Å². The van der Waals surface area contributed by atoms with E-state index in [1.165, 1.54) is 0 Å². The van der Waals surface area contributed by atoms with Crippen molar-refractivity contribution in [1.82, 2.24) is 5.32 Å². The fourth-order valence-electron chi connectivity index (χ4n) is 1.99. The van der Waals surface area contributed by atoms with E-state index in [2.05, 4.69) is 10.6 Å². The van der Waals surface area contributed by atoms with Crippen molar-refractivity contribution >= 4 is 23.5 Å². The fraction of sp³-hybridized carbons (Fsp3) is 0.438. The molecule has 0 unspecified atom stereocenters. The van der Waals surface area contributed by atoms with Gasteiger partial charge in [0, 0.05) is 23.7 Å². The summed E-state index contributed by atoms with van der Waals surface area (Å²) in [5, 5.41) is 13.9. The molecule has 1 rings (SSSR count). The van der Waals surface area contributed by atoms with Crippen LogP contribution in [-0.2, 0) is 9.59 Å². The summed E-state index contributed by atoms with van der Waals surface area (Å²) in [7, 11) is 0. The predicted molar refractivity (Wildman–Crippen MR) is 83.7 cm³/mol. The number of carboxylic acids is 1. The topological polar surface area (TPSA) is 95.5 Å². The summed E-state index contributed by atoms with van der Waals surface area (Å²) in [6.07, 6.45) is 1.45. The van der Waals surface area contributed by atoms with Crippen LogP contribution in [0.15, 0.2) is 24.3 Å². The van der Waals surface area contributed by atoms with Gasteiger partial charge in [0.15, 0.2) is 0 Å². The molecule has 6 nitrogen and oxygen atoms in total. The van der Waals surface area contributed by atoms with Crippen LogP contribution in [0.5, 0.6) is 0 Å². The van der Waals surface area contributed by atoms with Gasteiger partial charge in [0.2, 0.25) is 5.91 Å². The molecule has 0 bridgehead atoms. The zero-order chi connectivity index (χ0) is 16.5. The Bertz CT molecular complexity index is 521. The van der Waals surface area contributed by atoms with Crippen LogP contribution in [0.25, 0.3) is 0 Å². The van der Waals surface area contributed by atoms with Crippen LogP contribution in [-0.4, -0.2) is 29.4 Å². The number of amides is 2. The van der Waals surface area contributed by atoms with Crippen molar-refractivity contribution < 1.29 is 19.5 Å². The Morgan fingerprint density at radius 3 is 2.18 bits per heavy atom. The first kappa shape index (κ1) is 17.7. The molecule has 1 aromatic rings. The minimum Gasteiger partial charge on any atom is -0.481 e. The number of carbonyl (C=O) groups excluding carboxylic acids is 2. The summed E-state index contributed by atoms with van der Waals surface area (Å²) in [6.45, 7) is 4.03. The molecule has 6 heteroatoms. The monoisotopic (exact) mass is 306 g/mol. The molecule has 22 heavy (non-hydrogen) atoms. The van der Waals surface area contributed by atoms with E-state index >= 15 is 0 Å². The normalized spacial score (nSPS) is 10.3. The summed E-state index contributed by atoms with van der Waals surface area (Å²) in [6, 6.07) is 6.51. The van der Waals surface area contributed by atoms with Crippen LogP contribution < -0.4 is 10.6 Å². The van der Waals surface area contributed by atoms with Gasteiger partial charge >= 0.3 is 5.97 Å². The van der Waals surface area contributed by atoms with Gasteiger partial charge in [0.1, 0.15) is 0 Å². The van der Waals surface area contributed by atoms with Gasteiger partial charge in [-0.3, -0.25) is 14.4 Å². The Labute approximate surface area is 129 Å². The van der Waals surface area contributed by atoms with Crippen molar-refractivity contribution in [3.63, 3.8) is 0 Å². The molecule has 0 saturated heterocycles. The highest BCUT2D eigenvalue weighted by Crippen LogP contribution is 2.14. The van der Waals surface area contributed by atoms with Crippen molar-refractivity contribution in [3.8, 4) is 0 Å². The van der Waals surface area contributed by atoms with Gasteiger partial charge < -0.3 is 15.7 Å². The maximum Gasteiger partial charge on any atom is 0.305 e. The summed E-state index contributed by atoms with van der Waals surface area (Å²) >= 11 is 0. The van der Waals surface area contributed by atoms with E-state index in [0.29, 0.717) is 11.3 Å². The molecule has 120 valence electrons. The van der Waals surface area contributed by atoms with Crippen LogP contribution in [0.1, 0.15) is 43.5 Å². The predicted octanol–water partition coefficient (Wildman–Crippen LogP) is 2.27. The first-order valence-electron chi connectivity index (χ1n) is 7.38. The van der Waals surface area contributed by atoms with Gasteiger partial charge in [0.05, 0.1) is 6.42 Å². The van der Waals surface area contributed by atoms with Crippen molar-refractivity contribution in [1.29, 1.82) is 0 Å². The Balaban J connectivity index is 2.57. The second-order valence-electron chi connectivity index (χ2n) is 4.98. The number of rotatable bonds is 8. The molecular weight excluding hydrogens is 284 g/mol. The quantitative estimate of drug-likeness (QED) is 0.686.